The molecule has 2 aromatic rings. The average Bonchev–Trinajstić information content (AvgIpc) is 2.54. The Kier molecular flexibility index (Phi) is 4.01. The molecular formula is C16H12BrClS. The van der Waals surface area contributed by atoms with Gasteiger partial charge in [-0.1, -0.05) is 76.1 Å². The number of allylic oxidation sites excluding steroid dienone is 1. The lowest BCUT2D eigenvalue weighted by atomic mass is 9.97. The molecule has 0 fully saturated rings. The van der Waals surface area contributed by atoms with Crippen molar-refractivity contribution >= 4 is 44.9 Å². The Morgan fingerprint density at radius 3 is 2.47 bits per heavy atom. The largest absolute Gasteiger partial charge is 0.110 e. The zero-order valence-corrected chi connectivity index (χ0v) is 13.3. The summed E-state index contributed by atoms with van der Waals surface area (Å²) < 4.78 is 0.322. The van der Waals surface area contributed by atoms with Gasteiger partial charge < -0.3 is 0 Å². The molecule has 0 bridgehead atoms. The second-order valence-electron chi connectivity index (χ2n) is 4.37. The molecule has 0 saturated carbocycles. The fourth-order valence-electron chi connectivity index (χ4n) is 2.26. The Morgan fingerprint density at radius 2 is 1.68 bits per heavy atom. The molecule has 19 heavy (non-hydrogen) atoms. The minimum Gasteiger partial charge on any atom is -0.110 e. The number of rotatable bonds is 1. The molecule has 2 aromatic carbocycles. The van der Waals surface area contributed by atoms with Gasteiger partial charge in [-0.25, -0.2) is 0 Å². The Bertz CT molecular complexity index is 622. The number of fused-ring (bicyclic) bond motifs is 1. The van der Waals surface area contributed by atoms with E-state index in [4.69, 9.17) is 11.6 Å². The van der Waals surface area contributed by atoms with Gasteiger partial charge in [-0.2, -0.15) is 0 Å². The highest BCUT2D eigenvalue weighted by Gasteiger charge is 2.22. The van der Waals surface area contributed by atoms with E-state index in [1.165, 1.54) is 16.0 Å². The zero-order chi connectivity index (χ0) is 13.2. The number of hydrogen-bond donors (Lipinski definition) is 0. The van der Waals surface area contributed by atoms with Gasteiger partial charge in [-0.15, -0.1) is 11.8 Å². The van der Waals surface area contributed by atoms with Crippen molar-refractivity contribution in [1.82, 2.24) is 0 Å². The molecule has 1 aliphatic heterocycles. The SMILES string of the molecule is ClC1=C(c2ccccc2)c2ccccc2SC(Br)C1. The summed E-state index contributed by atoms with van der Waals surface area (Å²) in [6.45, 7) is 0. The van der Waals surface area contributed by atoms with E-state index < -0.39 is 0 Å². The lowest BCUT2D eigenvalue weighted by molar-refractivity contribution is 1.18. The van der Waals surface area contributed by atoms with Crippen LogP contribution < -0.4 is 0 Å². The molecule has 0 N–H and O–H groups in total. The minimum atomic E-state index is 0.322. The van der Waals surface area contributed by atoms with Crippen LogP contribution in [0.25, 0.3) is 5.57 Å². The van der Waals surface area contributed by atoms with Crippen molar-refractivity contribution in [3.63, 3.8) is 0 Å². The predicted octanol–water partition coefficient (Wildman–Crippen LogP) is 5.90. The Hall–Kier alpha value is -0.700. The van der Waals surface area contributed by atoms with Gasteiger partial charge in [-0.05, 0) is 17.2 Å². The quantitative estimate of drug-likeness (QED) is 0.576. The predicted molar refractivity (Wildman–Crippen MR) is 87.9 cm³/mol. The van der Waals surface area contributed by atoms with Crippen molar-refractivity contribution in [2.75, 3.05) is 0 Å². The lowest BCUT2D eigenvalue weighted by Gasteiger charge is -2.11. The first-order chi connectivity index (χ1) is 9.25. The van der Waals surface area contributed by atoms with Crippen LogP contribution in [0, 0.1) is 0 Å². The van der Waals surface area contributed by atoms with Crippen LogP contribution in [0.5, 0.6) is 0 Å². The summed E-state index contributed by atoms with van der Waals surface area (Å²) in [4.78, 5) is 1.28. The lowest BCUT2D eigenvalue weighted by Crippen LogP contribution is -1.91. The third-order valence-electron chi connectivity index (χ3n) is 3.08. The highest BCUT2D eigenvalue weighted by molar-refractivity contribution is 9.11. The van der Waals surface area contributed by atoms with Crippen molar-refractivity contribution in [2.45, 2.75) is 15.5 Å². The monoisotopic (exact) mass is 350 g/mol. The van der Waals surface area contributed by atoms with Crippen LogP contribution >= 0.6 is 39.3 Å². The summed E-state index contributed by atoms with van der Waals surface area (Å²) in [5.74, 6) is 0. The van der Waals surface area contributed by atoms with Crippen LogP contribution in [0.2, 0.25) is 0 Å². The highest BCUT2D eigenvalue weighted by atomic mass is 79.9. The second-order valence-corrected chi connectivity index (χ2v) is 7.79. The Morgan fingerprint density at radius 1 is 1.00 bits per heavy atom. The van der Waals surface area contributed by atoms with E-state index in [0.717, 1.165) is 17.0 Å². The van der Waals surface area contributed by atoms with Crippen molar-refractivity contribution in [3.05, 3.63) is 70.8 Å². The first kappa shape index (κ1) is 13.3. The van der Waals surface area contributed by atoms with Crippen LogP contribution in [0.4, 0.5) is 0 Å². The van der Waals surface area contributed by atoms with Gasteiger partial charge in [0, 0.05) is 21.9 Å². The van der Waals surface area contributed by atoms with E-state index >= 15 is 0 Å². The van der Waals surface area contributed by atoms with Gasteiger partial charge in [0.2, 0.25) is 0 Å². The summed E-state index contributed by atoms with van der Waals surface area (Å²) in [6, 6.07) is 18.8. The molecule has 0 nitrogen and oxygen atoms in total. The third-order valence-corrected chi connectivity index (χ3v) is 5.34. The molecule has 0 saturated heterocycles. The number of thioether (sulfide) groups is 1. The van der Waals surface area contributed by atoms with E-state index in [1.807, 2.05) is 17.8 Å². The third kappa shape index (κ3) is 2.76. The van der Waals surface area contributed by atoms with E-state index in [0.29, 0.717) is 4.16 Å². The van der Waals surface area contributed by atoms with Crippen LogP contribution in [-0.2, 0) is 0 Å². The molecule has 3 heteroatoms. The maximum Gasteiger partial charge on any atom is 0.0696 e. The highest BCUT2D eigenvalue weighted by Crippen LogP contribution is 2.44. The molecule has 0 aromatic heterocycles. The topological polar surface area (TPSA) is 0 Å². The Labute approximate surface area is 131 Å². The molecule has 0 amide bonds. The molecule has 1 aliphatic rings. The smallest absolute Gasteiger partial charge is 0.0696 e. The fraction of sp³-hybridized carbons (Fsp3) is 0.125. The van der Waals surface area contributed by atoms with Crippen molar-refractivity contribution in [2.24, 2.45) is 0 Å². The van der Waals surface area contributed by atoms with E-state index in [1.54, 1.807) is 0 Å². The van der Waals surface area contributed by atoms with E-state index in [2.05, 4.69) is 64.5 Å². The summed E-state index contributed by atoms with van der Waals surface area (Å²) in [5, 5.41) is 0.922. The zero-order valence-electron chi connectivity index (χ0n) is 10.1. The second kappa shape index (κ2) is 5.74. The normalized spacial score (nSPS) is 18.9. The maximum absolute atomic E-state index is 6.58. The maximum atomic E-state index is 6.58. The molecule has 96 valence electrons. The van der Waals surface area contributed by atoms with Gasteiger partial charge in [0.05, 0.1) is 4.16 Å². The molecule has 0 spiro atoms. The first-order valence-corrected chi connectivity index (χ1v) is 8.27. The molecule has 3 rings (SSSR count). The molecule has 0 aliphatic carbocycles. The molecular weight excluding hydrogens is 340 g/mol. The minimum absolute atomic E-state index is 0.322. The van der Waals surface area contributed by atoms with Crippen LogP contribution in [0.15, 0.2) is 64.5 Å². The average molecular weight is 352 g/mol. The van der Waals surface area contributed by atoms with E-state index in [9.17, 15) is 0 Å². The van der Waals surface area contributed by atoms with Gasteiger partial charge in [0.1, 0.15) is 0 Å². The molecule has 1 atom stereocenters. The summed E-state index contributed by atoms with van der Waals surface area (Å²) in [7, 11) is 0. The number of hydrogen-bond acceptors (Lipinski definition) is 1. The molecule has 1 heterocycles. The number of alkyl halides is 1. The van der Waals surface area contributed by atoms with Gasteiger partial charge in [0.15, 0.2) is 0 Å². The number of halogens is 2. The van der Waals surface area contributed by atoms with Gasteiger partial charge in [-0.3, -0.25) is 0 Å². The standard InChI is InChI=1S/C16H12BrClS/c17-15-10-13(18)16(11-6-2-1-3-7-11)12-8-4-5-9-14(12)19-15/h1-9,15H,10H2. The Balaban J connectivity index is 2.23. The first-order valence-electron chi connectivity index (χ1n) is 6.10. The number of benzene rings is 2. The summed E-state index contributed by atoms with van der Waals surface area (Å²) in [6.07, 6.45) is 0.838. The summed E-state index contributed by atoms with van der Waals surface area (Å²) in [5.41, 5.74) is 3.57. The van der Waals surface area contributed by atoms with Crippen molar-refractivity contribution in [1.29, 1.82) is 0 Å². The van der Waals surface area contributed by atoms with Gasteiger partial charge in [0.25, 0.3) is 0 Å². The van der Waals surface area contributed by atoms with Crippen LogP contribution in [-0.4, -0.2) is 4.16 Å². The van der Waals surface area contributed by atoms with E-state index in [-0.39, 0.29) is 0 Å². The van der Waals surface area contributed by atoms with Gasteiger partial charge >= 0.3 is 0 Å². The summed E-state index contributed by atoms with van der Waals surface area (Å²) >= 11 is 12.1. The van der Waals surface area contributed by atoms with Crippen LogP contribution in [0.1, 0.15) is 17.5 Å². The fourth-order valence-corrected chi connectivity index (χ4v) is 4.81. The molecule has 1 unspecified atom stereocenters. The molecule has 0 radical (unpaired) electrons. The van der Waals surface area contributed by atoms with Crippen molar-refractivity contribution in [3.8, 4) is 0 Å². The van der Waals surface area contributed by atoms with Crippen LogP contribution in [0.3, 0.4) is 0 Å². The van der Waals surface area contributed by atoms with Crippen molar-refractivity contribution < 1.29 is 0 Å².